The van der Waals surface area contributed by atoms with Crippen LogP contribution in [0.2, 0.25) is 0 Å². The number of ketones is 1. The molecule has 37 heavy (non-hydrogen) atoms. The molecule has 0 bridgehead atoms. The molecule has 0 saturated carbocycles. The summed E-state index contributed by atoms with van der Waals surface area (Å²) in [4.78, 5) is 49.9. The van der Waals surface area contributed by atoms with Crippen LogP contribution in [0.3, 0.4) is 0 Å². The number of carbonyl (C=O) groups excluding carboxylic acids is 4. The highest BCUT2D eigenvalue weighted by Crippen LogP contribution is 2.10. The van der Waals surface area contributed by atoms with E-state index in [9.17, 15) is 19.2 Å². The van der Waals surface area contributed by atoms with Gasteiger partial charge in [-0.3, -0.25) is 19.2 Å². The van der Waals surface area contributed by atoms with Gasteiger partial charge >= 0.3 is 0 Å². The van der Waals surface area contributed by atoms with E-state index in [-0.39, 0.29) is 23.5 Å². The van der Waals surface area contributed by atoms with Crippen molar-refractivity contribution in [3.8, 4) is 0 Å². The van der Waals surface area contributed by atoms with E-state index in [0.29, 0.717) is 50.5 Å². The Morgan fingerprint density at radius 2 is 1.14 bits per heavy atom. The highest BCUT2D eigenvalue weighted by molar-refractivity contribution is 5.92. The summed E-state index contributed by atoms with van der Waals surface area (Å²) < 4.78 is 0. The maximum Gasteiger partial charge on any atom is 0.243 e. The standard InChI is InChI=1S/C29H56N4O4/c1-22(2)14-7-9-18-27(35)31-21-13-17-26(32-28(36)19-10-8-15-23(3)4)29(37)33-25(24(5)34)16-11-12-20-30-6/h22-23,25-26,30H,7-21H2,1-6H3,(H,31,35)(H,32,36)(H,33,37). The van der Waals surface area contributed by atoms with Gasteiger partial charge in [0, 0.05) is 19.4 Å². The first kappa shape index (κ1) is 35.0. The van der Waals surface area contributed by atoms with Gasteiger partial charge in [-0.2, -0.15) is 0 Å². The highest BCUT2D eigenvalue weighted by Gasteiger charge is 2.24. The van der Waals surface area contributed by atoms with Crippen LogP contribution in [0.25, 0.3) is 0 Å². The van der Waals surface area contributed by atoms with Gasteiger partial charge in [0.25, 0.3) is 0 Å². The van der Waals surface area contributed by atoms with Crippen molar-refractivity contribution in [1.29, 1.82) is 0 Å². The second-order valence-electron chi connectivity index (χ2n) is 11.2. The molecule has 0 aliphatic rings. The number of hydrogen-bond donors (Lipinski definition) is 4. The second kappa shape index (κ2) is 22.1. The van der Waals surface area contributed by atoms with Gasteiger partial charge in [-0.1, -0.05) is 53.4 Å². The van der Waals surface area contributed by atoms with Gasteiger partial charge in [-0.05, 0) is 77.3 Å². The Morgan fingerprint density at radius 3 is 1.68 bits per heavy atom. The smallest absolute Gasteiger partial charge is 0.243 e. The molecular weight excluding hydrogens is 468 g/mol. The number of amides is 3. The predicted molar refractivity (Wildman–Crippen MR) is 151 cm³/mol. The monoisotopic (exact) mass is 524 g/mol. The summed E-state index contributed by atoms with van der Waals surface area (Å²) >= 11 is 0. The molecule has 2 unspecified atom stereocenters. The molecule has 2 atom stereocenters. The number of carbonyl (C=O) groups is 4. The van der Waals surface area contributed by atoms with E-state index in [0.717, 1.165) is 57.9 Å². The molecule has 4 N–H and O–H groups in total. The molecule has 8 nitrogen and oxygen atoms in total. The fourth-order valence-corrected chi connectivity index (χ4v) is 4.13. The Bertz CT molecular complexity index is 652. The molecule has 0 spiro atoms. The SMILES string of the molecule is CNCCCCC(NC(=O)C(CCCNC(=O)CCCCC(C)C)NC(=O)CCCCC(C)C)C(C)=O. The van der Waals surface area contributed by atoms with Crippen molar-refractivity contribution in [1.82, 2.24) is 21.3 Å². The molecule has 0 aliphatic heterocycles. The Kier molecular flexibility index (Phi) is 20.9. The minimum Gasteiger partial charge on any atom is -0.356 e. The highest BCUT2D eigenvalue weighted by atomic mass is 16.2. The van der Waals surface area contributed by atoms with E-state index in [4.69, 9.17) is 0 Å². The molecule has 0 aromatic rings. The van der Waals surface area contributed by atoms with Gasteiger partial charge in [-0.25, -0.2) is 0 Å². The van der Waals surface area contributed by atoms with Gasteiger partial charge in [0.15, 0.2) is 5.78 Å². The number of rotatable bonds is 23. The maximum absolute atomic E-state index is 13.1. The molecule has 0 aliphatic carbocycles. The summed E-state index contributed by atoms with van der Waals surface area (Å²) in [6.07, 6.45) is 10.1. The van der Waals surface area contributed by atoms with Crippen LogP contribution in [0.5, 0.6) is 0 Å². The van der Waals surface area contributed by atoms with Crippen molar-refractivity contribution in [3.63, 3.8) is 0 Å². The lowest BCUT2D eigenvalue weighted by Crippen LogP contribution is -2.51. The van der Waals surface area contributed by atoms with Crippen LogP contribution in [0.4, 0.5) is 0 Å². The van der Waals surface area contributed by atoms with Crippen molar-refractivity contribution in [2.45, 2.75) is 130 Å². The van der Waals surface area contributed by atoms with Crippen LogP contribution in [-0.2, 0) is 19.2 Å². The molecule has 0 rings (SSSR count). The molecule has 0 heterocycles. The molecule has 216 valence electrons. The first-order valence-corrected chi connectivity index (χ1v) is 14.6. The maximum atomic E-state index is 13.1. The summed E-state index contributed by atoms with van der Waals surface area (Å²) in [6, 6.07) is -1.28. The van der Waals surface area contributed by atoms with Crippen LogP contribution in [0, 0.1) is 11.8 Å². The third-order valence-corrected chi connectivity index (χ3v) is 6.49. The lowest BCUT2D eigenvalue weighted by atomic mass is 10.0. The first-order chi connectivity index (χ1) is 17.6. The molecule has 0 saturated heterocycles. The zero-order valence-electron chi connectivity index (χ0n) is 24.5. The van der Waals surface area contributed by atoms with Crippen LogP contribution in [-0.4, -0.2) is 55.7 Å². The fraction of sp³-hybridized carbons (Fsp3) is 0.862. The largest absolute Gasteiger partial charge is 0.356 e. The molecular formula is C29H56N4O4. The van der Waals surface area contributed by atoms with E-state index >= 15 is 0 Å². The van der Waals surface area contributed by atoms with Crippen molar-refractivity contribution < 1.29 is 19.2 Å². The Labute approximate surface area is 226 Å². The quantitative estimate of drug-likeness (QED) is 0.149. The number of unbranched alkanes of at least 4 members (excludes halogenated alkanes) is 3. The lowest BCUT2D eigenvalue weighted by molar-refractivity contribution is -0.131. The molecule has 8 heteroatoms. The van der Waals surface area contributed by atoms with E-state index < -0.39 is 12.1 Å². The van der Waals surface area contributed by atoms with Crippen molar-refractivity contribution in [2.24, 2.45) is 11.8 Å². The van der Waals surface area contributed by atoms with Crippen LogP contribution in [0.1, 0.15) is 118 Å². The lowest BCUT2D eigenvalue weighted by Gasteiger charge is -2.22. The molecule has 0 aromatic heterocycles. The minimum atomic E-state index is -0.722. The number of Topliss-reactive ketones (excluding diaryl/α,β-unsaturated/α-hetero) is 1. The fourth-order valence-electron chi connectivity index (χ4n) is 4.13. The van der Waals surface area contributed by atoms with Gasteiger partial charge in [0.1, 0.15) is 6.04 Å². The summed E-state index contributed by atoms with van der Waals surface area (Å²) in [5.41, 5.74) is 0. The van der Waals surface area contributed by atoms with Crippen LogP contribution in [0.15, 0.2) is 0 Å². The normalized spacial score (nSPS) is 12.9. The second-order valence-corrected chi connectivity index (χ2v) is 11.2. The first-order valence-electron chi connectivity index (χ1n) is 14.6. The summed E-state index contributed by atoms with van der Waals surface area (Å²) in [7, 11) is 1.88. The van der Waals surface area contributed by atoms with Crippen molar-refractivity contribution in [2.75, 3.05) is 20.1 Å². The van der Waals surface area contributed by atoms with Gasteiger partial charge in [0.05, 0.1) is 6.04 Å². The van der Waals surface area contributed by atoms with E-state index in [1.54, 1.807) is 0 Å². The topological polar surface area (TPSA) is 116 Å². The van der Waals surface area contributed by atoms with E-state index in [1.165, 1.54) is 6.92 Å². The molecule has 3 amide bonds. The molecule has 0 radical (unpaired) electrons. The summed E-state index contributed by atoms with van der Waals surface area (Å²) in [6.45, 7) is 11.5. The zero-order chi connectivity index (χ0) is 28.1. The average molecular weight is 525 g/mol. The number of hydrogen-bond acceptors (Lipinski definition) is 5. The van der Waals surface area contributed by atoms with E-state index in [1.807, 2.05) is 7.05 Å². The van der Waals surface area contributed by atoms with E-state index in [2.05, 4.69) is 49.0 Å². The summed E-state index contributed by atoms with van der Waals surface area (Å²) in [5, 5.41) is 11.8. The third-order valence-electron chi connectivity index (χ3n) is 6.49. The minimum absolute atomic E-state index is 0.0251. The van der Waals surface area contributed by atoms with Crippen LogP contribution < -0.4 is 21.3 Å². The predicted octanol–water partition coefficient (Wildman–Crippen LogP) is 4.26. The van der Waals surface area contributed by atoms with Crippen LogP contribution >= 0.6 is 0 Å². The van der Waals surface area contributed by atoms with Crippen molar-refractivity contribution in [3.05, 3.63) is 0 Å². The molecule has 0 fully saturated rings. The van der Waals surface area contributed by atoms with Crippen molar-refractivity contribution >= 4 is 23.5 Å². The Morgan fingerprint density at radius 1 is 0.595 bits per heavy atom. The third kappa shape index (κ3) is 20.7. The van der Waals surface area contributed by atoms with Gasteiger partial charge in [0.2, 0.25) is 17.7 Å². The summed E-state index contributed by atoms with van der Waals surface area (Å²) in [5.74, 6) is 0.713. The number of nitrogens with one attached hydrogen (secondary N) is 4. The average Bonchev–Trinajstić information content (AvgIpc) is 2.82. The van der Waals surface area contributed by atoms with Gasteiger partial charge < -0.3 is 21.3 Å². The zero-order valence-corrected chi connectivity index (χ0v) is 24.5. The molecule has 0 aromatic carbocycles. The van der Waals surface area contributed by atoms with Gasteiger partial charge in [-0.15, -0.1) is 0 Å². The Balaban J connectivity index is 4.81. The Hall–Kier alpha value is -1.96.